The van der Waals surface area contributed by atoms with Gasteiger partial charge in [-0.05, 0) is 49.4 Å². The Morgan fingerprint density at radius 3 is 2.67 bits per heavy atom. The number of carbonyl (C=O) groups is 1. The first-order valence-corrected chi connectivity index (χ1v) is 10.7. The smallest absolute Gasteiger partial charge is 0.237 e. The van der Waals surface area contributed by atoms with Crippen molar-refractivity contribution in [3.05, 3.63) is 66.7 Å². The summed E-state index contributed by atoms with van der Waals surface area (Å²) in [5.74, 6) is -0.434. The SMILES string of the molecule is C[C@@H](Sc1nccn1-c1cccc(F)c1)C(=O)Nc1ccc(N2CCOCC2)cc1. The zero-order valence-electron chi connectivity index (χ0n) is 16.6. The maximum Gasteiger partial charge on any atom is 0.237 e. The number of thioether (sulfide) groups is 1. The van der Waals surface area contributed by atoms with E-state index in [1.54, 1.807) is 29.1 Å². The molecule has 4 rings (SSSR count). The summed E-state index contributed by atoms with van der Waals surface area (Å²) in [6.45, 7) is 5.04. The van der Waals surface area contributed by atoms with Crippen LogP contribution in [0.4, 0.5) is 15.8 Å². The summed E-state index contributed by atoms with van der Waals surface area (Å²) in [6, 6.07) is 14.1. The maximum atomic E-state index is 13.6. The number of imidazole rings is 1. The van der Waals surface area contributed by atoms with Gasteiger partial charge in [-0.1, -0.05) is 17.8 Å². The van der Waals surface area contributed by atoms with Crippen LogP contribution in [0.15, 0.2) is 66.1 Å². The first-order valence-electron chi connectivity index (χ1n) is 9.80. The highest BCUT2D eigenvalue weighted by atomic mass is 32.2. The Bertz CT molecular complexity index is 1000. The predicted octanol–water partition coefficient (Wildman–Crippen LogP) is 3.97. The van der Waals surface area contributed by atoms with Crippen LogP contribution in [0.1, 0.15) is 6.92 Å². The molecule has 0 radical (unpaired) electrons. The minimum Gasteiger partial charge on any atom is -0.378 e. The Labute approximate surface area is 179 Å². The lowest BCUT2D eigenvalue weighted by Gasteiger charge is -2.28. The van der Waals surface area contributed by atoms with Crippen molar-refractivity contribution >= 4 is 29.0 Å². The summed E-state index contributed by atoms with van der Waals surface area (Å²) in [5.41, 5.74) is 2.54. The van der Waals surface area contributed by atoms with Crippen molar-refractivity contribution in [3.63, 3.8) is 0 Å². The van der Waals surface area contributed by atoms with Crippen LogP contribution in [-0.4, -0.2) is 47.0 Å². The molecule has 0 unspecified atom stereocenters. The van der Waals surface area contributed by atoms with Gasteiger partial charge in [-0.3, -0.25) is 9.36 Å². The number of nitrogens with one attached hydrogen (secondary N) is 1. The van der Waals surface area contributed by atoms with Crippen molar-refractivity contribution in [2.45, 2.75) is 17.3 Å². The van der Waals surface area contributed by atoms with Crippen LogP contribution in [0.25, 0.3) is 5.69 Å². The minimum absolute atomic E-state index is 0.118. The standard InChI is InChI=1S/C22H23FN4O2S/c1-16(30-22-24-9-10-27(22)20-4-2-3-17(23)15-20)21(28)25-18-5-7-19(8-6-18)26-11-13-29-14-12-26/h2-10,15-16H,11-14H2,1H3,(H,25,28)/t16-/m1/s1. The molecule has 1 fully saturated rings. The molecule has 156 valence electrons. The van der Waals surface area contributed by atoms with Crippen LogP contribution >= 0.6 is 11.8 Å². The van der Waals surface area contributed by atoms with E-state index < -0.39 is 0 Å². The van der Waals surface area contributed by atoms with Gasteiger partial charge in [0.1, 0.15) is 5.82 Å². The molecular formula is C22H23FN4O2S. The zero-order valence-corrected chi connectivity index (χ0v) is 17.4. The Morgan fingerprint density at radius 1 is 1.17 bits per heavy atom. The lowest BCUT2D eigenvalue weighted by atomic mass is 10.2. The lowest BCUT2D eigenvalue weighted by Crippen LogP contribution is -2.36. The van der Waals surface area contributed by atoms with Crippen molar-refractivity contribution in [1.82, 2.24) is 9.55 Å². The van der Waals surface area contributed by atoms with Gasteiger partial charge in [0.05, 0.1) is 24.2 Å². The third kappa shape index (κ3) is 4.83. The number of rotatable bonds is 6. The summed E-state index contributed by atoms with van der Waals surface area (Å²) < 4.78 is 20.7. The van der Waals surface area contributed by atoms with Gasteiger partial charge >= 0.3 is 0 Å². The van der Waals surface area contributed by atoms with Gasteiger partial charge in [0, 0.05) is 36.9 Å². The van der Waals surface area contributed by atoms with Crippen LogP contribution in [0.5, 0.6) is 0 Å². The highest BCUT2D eigenvalue weighted by molar-refractivity contribution is 8.00. The topological polar surface area (TPSA) is 59.4 Å². The van der Waals surface area contributed by atoms with Crippen LogP contribution < -0.4 is 10.2 Å². The largest absolute Gasteiger partial charge is 0.378 e. The van der Waals surface area contributed by atoms with E-state index in [9.17, 15) is 9.18 Å². The number of amides is 1. The van der Waals surface area contributed by atoms with E-state index in [1.807, 2.05) is 31.2 Å². The fourth-order valence-corrected chi connectivity index (χ4v) is 4.12. The number of anilines is 2. The summed E-state index contributed by atoms with van der Waals surface area (Å²) >= 11 is 1.33. The molecule has 1 aliphatic rings. The van der Waals surface area contributed by atoms with Crippen molar-refractivity contribution in [1.29, 1.82) is 0 Å². The van der Waals surface area contributed by atoms with E-state index in [0.29, 0.717) is 10.8 Å². The summed E-state index contributed by atoms with van der Waals surface area (Å²) in [4.78, 5) is 19.3. The maximum absolute atomic E-state index is 13.6. The van der Waals surface area contributed by atoms with E-state index in [1.165, 1.54) is 23.9 Å². The van der Waals surface area contributed by atoms with Gasteiger partial charge in [-0.2, -0.15) is 0 Å². The van der Waals surface area contributed by atoms with Crippen LogP contribution in [0, 0.1) is 5.82 Å². The second-order valence-electron chi connectivity index (χ2n) is 6.96. The van der Waals surface area contributed by atoms with Gasteiger partial charge in [0.25, 0.3) is 0 Å². The third-order valence-corrected chi connectivity index (χ3v) is 5.94. The number of aromatic nitrogens is 2. The fraction of sp³-hybridized carbons (Fsp3) is 0.273. The molecule has 1 aliphatic heterocycles. The molecule has 1 saturated heterocycles. The average Bonchev–Trinajstić information content (AvgIpc) is 3.23. The number of hydrogen-bond acceptors (Lipinski definition) is 5. The highest BCUT2D eigenvalue weighted by Crippen LogP contribution is 2.26. The molecule has 2 aromatic carbocycles. The molecule has 0 spiro atoms. The first-order chi connectivity index (χ1) is 14.6. The fourth-order valence-electron chi connectivity index (χ4n) is 3.23. The van der Waals surface area contributed by atoms with Crippen molar-refractivity contribution in [3.8, 4) is 5.69 Å². The number of halogens is 1. The van der Waals surface area contributed by atoms with Gasteiger partial charge in [-0.15, -0.1) is 0 Å². The highest BCUT2D eigenvalue weighted by Gasteiger charge is 2.18. The van der Waals surface area contributed by atoms with Crippen molar-refractivity contribution in [2.75, 3.05) is 36.5 Å². The van der Waals surface area contributed by atoms with Crippen LogP contribution in [0.2, 0.25) is 0 Å². The molecule has 0 aliphatic carbocycles. The van der Waals surface area contributed by atoms with Crippen molar-refractivity contribution < 1.29 is 13.9 Å². The summed E-state index contributed by atoms with van der Waals surface area (Å²) in [5, 5.41) is 3.21. The van der Waals surface area contributed by atoms with E-state index in [-0.39, 0.29) is 17.0 Å². The molecule has 30 heavy (non-hydrogen) atoms. The monoisotopic (exact) mass is 426 g/mol. The predicted molar refractivity (Wildman–Crippen MR) is 117 cm³/mol. The van der Waals surface area contributed by atoms with Gasteiger partial charge in [0.15, 0.2) is 5.16 Å². The molecule has 0 saturated carbocycles. The lowest BCUT2D eigenvalue weighted by molar-refractivity contribution is -0.115. The molecular weight excluding hydrogens is 403 g/mol. The Kier molecular flexibility index (Phi) is 6.35. The number of carbonyl (C=O) groups excluding carboxylic acids is 1. The number of nitrogens with zero attached hydrogens (tertiary/aromatic N) is 3. The Morgan fingerprint density at radius 2 is 1.93 bits per heavy atom. The summed E-state index contributed by atoms with van der Waals surface area (Å²) in [7, 11) is 0. The first kappa shape index (κ1) is 20.4. The normalized spacial score (nSPS) is 15.1. The second-order valence-corrected chi connectivity index (χ2v) is 8.26. The third-order valence-electron chi connectivity index (χ3n) is 4.86. The molecule has 1 N–H and O–H groups in total. The molecule has 1 atom stereocenters. The Balaban J connectivity index is 1.38. The molecule has 1 aromatic heterocycles. The molecule has 3 aromatic rings. The number of benzene rings is 2. The van der Waals surface area contributed by atoms with Gasteiger partial charge < -0.3 is 15.0 Å². The van der Waals surface area contributed by atoms with Crippen LogP contribution in [-0.2, 0) is 9.53 Å². The van der Waals surface area contributed by atoms with Gasteiger partial charge in [0.2, 0.25) is 5.91 Å². The average molecular weight is 427 g/mol. The number of hydrogen-bond donors (Lipinski definition) is 1. The molecule has 2 heterocycles. The molecule has 1 amide bonds. The molecule has 0 bridgehead atoms. The van der Waals surface area contributed by atoms with E-state index in [4.69, 9.17) is 4.74 Å². The quantitative estimate of drug-likeness (QED) is 0.605. The van der Waals surface area contributed by atoms with Crippen molar-refractivity contribution in [2.24, 2.45) is 0 Å². The Hall–Kier alpha value is -2.84. The molecule has 8 heteroatoms. The van der Waals surface area contributed by atoms with Crippen LogP contribution in [0.3, 0.4) is 0 Å². The second kappa shape index (κ2) is 9.32. The zero-order chi connectivity index (χ0) is 20.9. The minimum atomic E-state index is -0.376. The van der Waals surface area contributed by atoms with E-state index >= 15 is 0 Å². The summed E-state index contributed by atoms with van der Waals surface area (Å²) in [6.07, 6.45) is 3.40. The number of ether oxygens (including phenoxy) is 1. The van der Waals surface area contributed by atoms with Gasteiger partial charge in [-0.25, -0.2) is 9.37 Å². The molecule has 6 nitrogen and oxygen atoms in total. The number of morpholine rings is 1. The van der Waals surface area contributed by atoms with E-state index in [2.05, 4.69) is 15.2 Å². The van der Waals surface area contributed by atoms with E-state index in [0.717, 1.165) is 37.7 Å².